The Hall–Kier alpha value is -0.0800. The standard InChI is InChI=1S/C12H25NO/c1-3-12(9-14)13-10(2)11-7-5-4-6-8-11/h10-14H,3-9H2,1-2H3/t10-,12-/m0/s1. The maximum Gasteiger partial charge on any atom is 0.0584 e. The van der Waals surface area contributed by atoms with Gasteiger partial charge in [-0.2, -0.15) is 0 Å². The average molecular weight is 199 g/mol. The van der Waals surface area contributed by atoms with Crippen LogP contribution in [0.1, 0.15) is 52.4 Å². The fourth-order valence-electron chi connectivity index (χ4n) is 2.44. The first-order valence-electron chi connectivity index (χ1n) is 6.14. The van der Waals surface area contributed by atoms with Crippen LogP contribution in [0.25, 0.3) is 0 Å². The maximum atomic E-state index is 9.11. The summed E-state index contributed by atoms with van der Waals surface area (Å²) in [6.45, 7) is 4.67. The molecule has 0 bridgehead atoms. The molecule has 14 heavy (non-hydrogen) atoms. The van der Waals surface area contributed by atoms with Crippen LogP contribution in [-0.2, 0) is 0 Å². The van der Waals surface area contributed by atoms with Crippen molar-refractivity contribution in [2.45, 2.75) is 64.5 Å². The zero-order valence-corrected chi connectivity index (χ0v) is 9.63. The SMILES string of the molecule is CC[C@@H](CO)N[C@@H](C)C1CCCCC1. The molecule has 2 N–H and O–H groups in total. The van der Waals surface area contributed by atoms with Crippen LogP contribution in [0, 0.1) is 5.92 Å². The summed E-state index contributed by atoms with van der Waals surface area (Å²) in [7, 11) is 0. The fraction of sp³-hybridized carbons (Fsp3) is 1.00. The lowest BCUT2D eigenvalue weighted by atomic mass is 9.84. The van der Waals surface area contributed by atoms with Gasteiger partial charge in [0.2, 0.25) is 0 Å². The molecule has 1 rings (SSSR count). The third-order valence-electron chi connectivity index (χ3n) is 3.57. The summed E-state index contributed by atoms with van der Waals surface area (Å²) in [5.41, 5.74) is 0. The second-order valence-electron chi connectivity index (χ2n) is 4.64. The molecule has 0 aromatic rings. The maximum absolute atomic E-state index is 9.11. The monoisotopic (exact) mass is 199 g/mol. The predicted molar refractivity (Wildman–Crippen MR) is 60.3 cm³/mol. The summed E-state index contributed by atoms with van der Waals surface area (Å²) in [4.78, 5) is 0. The molecular formula is C12H25NO. The molecule has 0 unspecified atom stereocenters. The number of aliphatic hydroxyl groups excluding tert-OH is 1. The highest BCUT2D eigenvalue weighted by Crippen LogP contribution is 2.26. The molecule has 0 saturated heterocycles. The minimum absolute atomic E-state index is 0.271. The van der Waals surface area contributed by atoms with Crippen molar-refractivity contribution in [3.05, 3.63) is 0 Å². The number of hydrogen-bond acceptors (Lipinski definition) is 2. The molecule has 2 atom stereocenters. The van der Waals surface area contributed by atoms with E-state index in [1.165, 1.54) is 32.1 Å². The molecular weight excluding hydrogens is 174 g/mol. The molecule has 0 radical (unpaired) electrons. The van der Waals surface area contributed by atoms with Crippen molar-refractivity contribution in [3.8, 4) is 0 Å². The Morgan fingerprint density at radius 1 is 1.29 bits per heavy atom. The van der Waals surface area contributed by atoms with E-state index in [9.17, 15) is 0 Å². The van der Waals surface area contributed by atoms with E-state index < -0.39 is 0 Å². The van der Waals surface area contributed by atoms with Gasteiger partial charge in [-0.3, -0.25) is 0 Å². The molecule has 0 aliphatic heterocycles. The van der Waals surface area contributed by atoms with Gasteiger partial charge in [0.1, 0.15) is 0 Å². The third kappa shape index (κ3) is 3.58. The lowest BCUT2D eigenvalue weighted by Crippen LogP contribution is -2.43. The molecule has 1 fully saturated rings. The summed E-state index contributed by atoms with van der Waals surface area (Å²) in [6.07, 6.45) is 7.97. The highest BCUT2D eigenvalue weighted by molar-refractivity contribution is 4.78. The minimum Gasteiger partial charge on any atom is -0.395 e. The number of rotatable bonds is 5. The molecule has 0 aromatic heterocycles. The highest BCUT2D eigenvalue weighted by Gasteiger charge is 2.21. The van der Waals surface area contributed by atoms with Crippen molar-refractivity contribution in [1.29, 1.82) is 0 Å². The Balaban J connectivity index is 2.27. The zero-order valence-electron chi connectivity index (χ0n) is 9.63. The van der Waals surface area contributed by atoms with Crippen molar-refractivity contribution in [2.24, 2.45) is 5.92 Å². The summed E-state index contributed by atoms with van der Waals surface area (Å²) >= 11 is 0. The molecule has 0 aromatic carbocycles. The first-order chi connectivity index (χ1) is 6.77. The Labute approximate surface area is 88.1 Å². The minimum atomic E-state index is 0.271. The van der Waals surface area contributed by atoms with Gasteiger partial charge in [-0.25, -0.2) is 0 Å². The van der Waals surface area contributed by atoms with E-state index in [4.69, 9.17) is 5.11 Å². The van der Waals surface area contributed by atoms with Gasteiger partial charge in [0.25, 0.3) is 0 Å². The van der Waals surface area contributed by atoms with E-state index in [2.05, 4.69) is 19.2 Å². The average Bonchev–Trinajstić information content (AvgIpc) is 2.26. The molecule has 0 heterocycles. The number of aliphatic hydroxyl groups is 1. The van der Waals surface area contributed by atoms with Gasteiger partial charge in [-0.05, 0) is 32.1 Å². The highest BCUT2D eigenvalue weighted by atomic mass is 16.3. The van der Waals surface area contributed by atoms with Crippen molar-refractivity contribution >= 4 is 0 Å². The lowest BCUT2D eigenvalue weighted by Gasteiger charge is -2.31. The normalized spacial score (nSPS) is 23.4. The van der Waals surface area contributed by atoms with Gasteiger partial charge in [0.05, 0.1) is 6.61 Å². The van der Waals surface area contributed by atoms with E-state index in [0.717, 1.165) is 12.3 Å². The smallest absolute Gasteiger partial charge is 0.0584 e. The van der Waals surface area contributed by atoms with Gasteiger partial charge in [-0.1, -0.05) is 26.2 Å². The third-order valence-corrected chi connectivity index (χ3v) is 3.57. The van der Waals surface area contributed by atoms with Crippen LogP contribution < -0.4 is 5.32 Å². The molecule has 1 saturated carbocycles. The van der Waals surface area contributed by atoms with Crippen molar-refractivity contribution < 1.29 is 5.11 Å². The second-order valence-corrected chi connectivity index (χ2v) is 4.64. The molecule has 0 spiro atoms. The Morgan fingerprint density at radius 2 is 1.93 bits per heavy atom. The molecule has 84 valence electrons. The predicted octanol–water partition coefficient (Wildman–Crippen LogP) is 2.32. The Kier molecular flexibility index (Phi) is 5.49. The van der Waals surface area contributed by atoms with Crippen LogP contribution in [0.4, 0.5) is 0 Å². The van der Waals surface area contributed by atoms with Crippen molar-refractivity contribution in [1.82, 2.24) is 5.32 Å². The van der Waals surface area contributed by atoms with E-state index >= 15 is 0 Å². The van der Waals surface area contributed by atoms with Crippen LogP contribution in [0.3, 0.4) is 0 Å². The van der Waals surface area contributed by atoms with Crippen LogP contribution in [-0.4, -0.2) is 23.8 Å². The van der Waals surface area contributed by atoms with Crippen molar-refractivity contribution in [2.75, 3.05) is 6.61 Å². The second kappa shape index (κ2) is 6.41. The molecule has 0 amide bonds. The first kappa shape index (κ1) is 12.0. The molecule has 1 aliphatic rings. The Bertz CT molecular complexity index is 139. The number of hydrogen-bond donors (Lipinski definition) is 2. The summed E-state index contributed by atoms with van der Waals surface area (Å²) in [6, 6.07) is 0.874. The molecule has 2 heteroatoms. The first-order valence-corrected chi connectivity index (χ1v) is 6.14. The molecule has 1 aliphatic carbocycles. The Morgan fingerprint density at radius 3 is 2.43 bits per heavy atom. The number of nitrogens with one attached hydrogen (secondary N) is 1. The van der Waals surface area contributed by atoms with Gasteiger partial charge >= 0.3 is 0 Å². The van der Waals surface area contributed by atoms with E-state index in [1.807, 2.05) is 0 Å². The van der Waals surface area contributed by atoms with Crippen LogP contribution in [0.15, 0.2) is 0 Å². The lowest BCUT2D eigenvalue weighted by molar-refractivity contribution is 0.200. The van der Waals surface area contributed by atoms with Crippen LogP contribution >= 0.6 is 0 Å². The van der Waals surface area contributed by atoms with E-state index in [-0.39, 0.29) is 6.61 Å². The van der Waals surface area contributed by atoms with E-state index in [1.54, 1.807) is 0 Å². The van der Waals surface area contributed by atoms with Gasteiger partial charge in [-0.15, -0.1) is 0 Å². The fourth-order valence-corrected chi connectivity index (χ4v) is 2.44. The van der Waals surface area contributed by atoms with Gasteiger partial charge in [0, 0.05) is 12.1 Å². The summed E-state index contributed by atoms with van der Waals surface area (Å²) in [5.74, 6) is 0.837. The zero-order chi connectivity index (χ0) is 10.4. The van der Waals surface area contributed by atoms with Gasteiger partial charge < -0.3 is 10.4 Å². The topological polar surface area (TPSA) is 32.3 Å². The van der Waals surface area contributed by atoms with Crippen molar-refractivity contribution in [3.63, 3.8) is 0 Å². The summed E-state index contributed by atoms with van der Waals surface area (Å²) < 4.78 is 0. The van der Waals surface area contributed by atoms with E-state index in [0.29, 0.717) is 12.1 Å². The molecule has 2 nitrogen and oxygen atoms in total. The van der Waals surface area contributed by atoms with Gasteiger partial charge in [0.15, 0.2) is 0 Å². The largest absolute Gasteiger partial charge is 0.395 e. The quantitative estimate of drug-likeness (QED) is 0.712. The van der Waals surface area contributed by atoms with Crippen LogP contribution in [0.2, 0.25) is 0 Å². The summed E-state index contributed by atoms with van der Waals surface area (Å²) in [5, 5.41) is 12.6. The van der Waals surface area contributed by atoms with Crippen LogP contribution in [0.5, 0.6) is 0 Å².